The highest BCUT2D eigenvalue weighted by atomic mass is 16.6. The van der Waals surface area contributed by atoms with E-state index in [-0.39, 0.29) is 5.69 Å². The molecule has 0 spiro atoms. The van der Waals surface area contributed by atoms with Crippen molar-refractivity contribution in [3.63, 3.8) is 0 Å². The molecule has 4 heteroatoms. The van der Waals surface area contributed by atoms with Crippen molar-refractivity contribution < 1.29 is 4.92 Å². The van der Waals surface area contributed by atoms with E-state index in [1.54, 1.807) is 12.1 Å². The molecule has 1 N–H and O–H groups in total. The maximum absolute atomic E-state index is 10.5. The number of aryl methyl sites for hydroxylation is 1. The van der Waals surface area contributed by atoms with E-state index in [0.29, 0.717) is 0 Å². The molecule has 0 atom stereocenters. The zero-order chi connectivity index (χ0) is 13.0. The number of benzene rings is 2. The fourth-order valence-corrected chi connectivity index (χ4v) is 1.66. The lowest BCUT2D eigenvalue weighted by molar-refractivity contribution is -0.384. The largest absolute Gasteiger partial charge is 0.356 e. The summed E-state index contributed by atoms with van der Waals surface area (Å²) >= 11 is 0. The van der Waals surface area contributed by atoms with Crippen LogP contribution in [0.5, 0.6) is 0 Å². The van der Waals surface area contributed by atoms with Crippen LogP contribution in [0.25, 0.3) is 0 Å². The predicted octanol–water partition coefficient (Wildman–Crippen LogP) is 3.90. The van der Waals surface area contributed by atoms with Crippen molar-refractivity contribution in [3.05, 3.63) is 64.2 Å². The smallest absolute Gasteiger partial charge is 0.269 e. The van der Waals surface area contributed by atoms with E-state index < -0.39 is 4.92 Å². The highest BCUT2D eigenvalue weighted by Gasteiger charge is 2.03. The molecule has 0 aliphatic heterocycles. The molecule has 2 aromatic carbocycles. The molecule has 0 amide bonds. The quantitative estimate of drug-likeness (QED) is 0.653. The van der Waals surface area contributed by atoms with Gasteiger partial charge in [0, 0.05) is 23.5 Å². The topological polar surface area (TPSA) is 55.2 Å². The first kappa shape index (κ1) is 12.1. The van der Waals surface area contributed by atoms with E-state index in [1.165, 1.54) is 17.7 Å². The second kappa shape index (κ2) is 5.31. The fourth-order valence-electron chi connectivity index (χ4n) is 1.66. The Hall–Kier alpha value is -2.36. The molecule has 0 saturated heterocycles. The SMILES string of the molecule is CCc1ccc(Nc2ccc([N+](=O)[O-])cc2)cc1. The first-order valence-corrected chi connectivity index (χ1v) is 5.79. The minimum atomic E-state index is -0.403. The summed E-state index contributed by atoms with van der Waals surface area (Å²) in [6, 6.07) is 14.5. The minimum absolute atomic E-state index is 0.0990. The maximum Gasteiger partial charge on any atom is 0.269 e. The van der Waals surface area contributed by atoms with Crippen LogP contribution in [0.1, 0.15) is 12.5 Å². The number of anilines is 2. The van der Waals surface area contributed by atoms with Gasteiger partial charge in [0.1, 0.15) is 0 Å². The molecule has 0 aliphatic rings. The Kier molecular flexibility index (Phi) is 3.57. The molecule has 0 aliphatic carbocycles. The number of rotatable bonds is 4. The lowest BCUT2D eigenvalue weighted by atomic mass is 10.1. The third kappa shape index (κ3) is 2.85. The van der Waals surface area contributed by atoms with Gasteiger partial charge in [-0.1, -0.05) is 19.1 Å². The van der Waals surface area contributed by atoms with Crippen LogP contribution in [0, 0.1) is 10.1 Å². The third-order valence-corrected chi connectivity index (χ3v) is 2.73. The first-order valence-electron chi connectivity index (χ1n) is 5.79. The van der Waals surface area contributed by atoms with Crippen LogP contribution in [0.3, 0.4) is 0 Å². The molecule has 18 heavy (non-hydrogen) atoms. The van der Waals surface area contributed by atoms with Crippen LogP contribution >= 0.6 is 0 Å². The average molecular weight is 242 g/mol. The van der Waals surface area contributed by atoms with Gasteiger partial charge in [-0.3, -0.25) is 10.1 Å². The van der Waals surface area contributed by atoms with Crippen molar-refractivity contribution in [3.8, 4) is 0 Å². The Morgan fingerprint density at radius 3 is 1.94 bits per heavy atom. The van der Waals surface area contributed by atoms with Gasteiger partial charge in [0.25, 0.3) is 5.69 Å². The Bertz CT molecular complexity index is 533. The molecule has 4 nitrogen and oxygen atoms in total. The summed E-state index contributed by atoms with van der Waals surface area (Å²) in [4.78, 5) is 10.1. The molecular formula is C14H14N2O2. The van der Waals surface area contributed by atoms with Gasteiger partial charge in [0.15, 0.2) is 0 Å². The standard InChI is InChI=1S/C14H14N2O2/c1-2-11-3-5-12(6-4-11)15-13-7-9-14(10-8-13)16(17)18/h3-10,15H,2H2,1H3. The van der Waals surface area contributed by atoms with Gasteiger partial charge in [-0.25, -0.2) is 0 Å². The molecule has 0 heterocycles. The van der Waals surface area contributed by atoms with E-state index in [0.717, 1.165) is 17.8 Å². The summed E-state index contributed by atoms with van der Waals surface area (Å²) < 4.78 is 0. The molecule has 2 aromatic rings. The van der Waals surface area contributed by atoms with Gasteiger partial charge in [-0.15, -0.1) is 0 Å². The zero-order valence-corrected chi connectivity index (χ0v) is 10.1. The molecule has 92 valence electrons. The van der Waals surface area contributed by atoms with Crippen LogP contribution in [-0.4, -0.2) is 4.92 Å². The third-order valence-electron chi connectivity index (χ3n) is 2.73. The van der Waals surface area contributed by atoms with Gasteiger partial charge in [0.2, 0.25) is 0 Å². The summed E-state index contributed by atoms with van der Waals surface area (Å²) in [7, 11) is 0. The van der Waals surface area contributed by atoms with Crippen molar-refractivity contribution in [2.24, 2.45) is 0 Å². The first-order chi connectivity index (χ1) is 8.69. The molecule has 0 fully saturated rings. The van der Waals surface area contributed by atoms with E-state index in [9.17, 15) is 10.1 Å². The molecule has 2 rings (SSSR count). The second-order valence-corrected chi connectivity index (χ2v) is 3.98. The summed E-state index contributed by atoms with van der Waals surface area (Å²) in [5, 5.41) is 13.7. The minimum Gasteiger partial charge on any atom is -0.356 e. The van der Waals surface area contributed by atoms with Gasteiger partial charge >= 0.3 is 0 Å². The van der Waals surface area contributed by atoms with Gasteiger partial charge in [-0.05, 0) is 36.2 Å². The normalized spacial score (nSPS) is 10.1. The van der Waals surface area contributed by atoms with Crippen molar-refractivity contribution in [1.29, 1.82) is 0 Å². The summed E-state index contributed by atoms with van der Waals surface area (Å²) in [6.45, 7) is 2.11. The average Bonchev–Trinajstić information content (AvgIpc) is 2.40. The molecule has 0 saturated carbocycles. The lowest BCUT2D eigenvalue weighted by Gasteiger charge is -2.06. The second-order valence-electron chi connectivity index (χ2n) is 3.98. The zero-order valence-electron chi connectivity index (χ0n) is 10.1. The Balaban J connectivity index is 2.10. The number of hydrogen-bond acceptors (Lipinski definition) is 3. The Morgan fingerprint density at radius 2 is 1.50 bits per heavy atom. The summed E-state index contributed by atoms with van der Waals surface area (Å²) in [5.41, 5.74) is 3.19. The van der Waals surface area contributed by atoms with Crippen molar-refractivity contribution in [2.45, 2.75) is 13.3 Å². The molecule has 0 bridgehead atoms. The summed E-state index contributed by atoms with van der Waals surface area (Å²) in [6.07, 6.45) is 1.01. The molecule has 0 aromatic heterocycles. The van der Waals surface area contributed by atoms with E-state index in [2.05, 4.69) is 24.4 Å². The van der Waals surface area contributed by atoms with Gasteiger partial charge in [0.05, 0.1) is 4.92 Å². The number of nitro groups is 1. The van der Waals surface area contributed by atoms with Crippen LogP contribution < -0.4 is 5.32 Å². The van der Waals surface area contributed by atoms with Crippen molar-refractivity contribution in [2.75, 3.05) is 5.32 Å². The van der Waals surface area contributed by atoms with E-state index in [4.69, 9.17) is 0 Å². The maximum atomic E-state index is 10.5. The van der Waals surface area contributed by atoms with Gasteiger partial charge < -0.3 is 5.32 Å². The molecule has 0 radical (unpaired) electrons. The number of nitrogens with zero attached hydrogens (tertiary/aromatic N) is 1. The van der Waals surface area contributed by atoms with Gasteiger partial charge in [-0.2, -0.15) is 0 Å². The van der Waals surface area contributed by atoms with Crippen LogP contribution in [-0.2, 0) is 6.42 Å². The number of non-ortho nitro benzene ring substituents is 1. The highest BCUT2D eigenvalue weighted by Crippen LogP contribution is 2.20. The number of nitro benzene ring substituents is 1. The highest BCUT2D eigenvalue weighted by molar-refractivity contribution is 5.61. The van der Waals surface area contributed by atoms with Crippen LogP contribution in [0.15, 0.2) is 48.5 Å². The number of nitrogens with one attached hydrogen (secondary N) is 1. The van der Waals surface area contributed by atoms with Crippen molar-refractivity contribution >= 4 is 17.1 Å². The monoisotopic (exact) mass is 242 g/mol. The lowest BCUT2D eigenvalue weighted by Crippen LogP contribution is -1.92. The molecule has 0 unspecified atom stereocenters. The van der Waals surface area contributed by atoms with Crippen LogP contribution in [0.2, 0.25) is 0 Å². The van der Waals surface area contributed by atoms with Crippen molar-refractivity contribution in [1.82, 2.24) is 0 Å². The van der Waals surface area contributed by atoms with E-state index >= 15 is 0 Å². The Morgan fingerprint density at radius 1 is 1.00 bits per heavy atom. The number of hydrogen-bond donors (Lipinski definition) is 1. The summed E-state index contributed by atoms with van der Waals surface area (Å²) in [5.74, 6) is 0. The van der Waals surface area contributed by atoms with E-state index in [1.807, 2.05) is 12.1 Å². The predicted molar refractivity (Wildman–Crippen MR) is 72.2 cm³/mol. The Labute approximate surface area is 105 Å². The van der Waals surface area contributed by atoms with Crippen LogP contribution in [0.4, 0.5) is 17.1 Å². The fraction of sp³-hybridized carbons (Fsp3) is 0.143. The molecular weight excluding hydrogens is 228 g/mol.